The summed E-state index contributed by atoms with van der Waals surface area (Å²) in [6, 6.07) is 8.98. The summed E-state index contributed by atoms with van der Waals surface area (Å²) in [6.07, 6.45) is 3.54. The molecule has 0 saturated carbocycles. The maximum Gasteiger partial charge on any atom is 0.317 e. The van der Waals surface area contributed by atoms with Crippen molar-refractivity contribution in [1.29, 1.82) is 0 Å². The summed E-state index contributed by atoms with van der Waals surface area (Å²) in [5.41, 5.74) is 2.66. The van der Waals surface area contributed by atoms with Crippen molar-refractivity contribution < 1.29 is 14.7 Å². The normalized spacial score (nSPS) is 15.2. The Kier molecular flexibility index (Phi) is 8.77. The van der Waals surface area contributed by atoms with Crippen LogP contribution in [0.3, 0.4) is 0 Å². The average molecular weight is 390 g/mol. The summed E-state index contributed by atoms with van der Waals surface area (Å²) in [6.45, 7) is 9.21. The Bertz CT molecular complexity index is 622. The van der Waals surface area contributed by atoms with Crippen LogP contribution in [0.4, 0.5) is 4.79 Å². The first-order valence-corrected chi connectivity index (χ1v) is 10.5. The Balaban J connectivity index is 1.66. The highest BCUT2D eigenvalue weighted by atomic mass is 16.4. The van der Waals surface area contributed by atoms with Crippen molar-refractivity contribution >= 4 is 12.0 Å². The van der Waals surface area contributed by atoms with Crippen LogP contribution in [0.15, 0.2) is 24.3 Å². The molecule has 1 saturated heterocycles. The standard InChI is InChI=1S/C22H35N3O3/c1-4-24(16-21(26)27)20-11-14-25(15-12-20)22(28)23-13-5-6-18-7-9-19(10-8-18)17(2)3/h7-10,17,20H,4-6,11-16H2,1-3H3,(H,23,28)(H,26,27). The van der Waals surface area contributed by atoms with Gasteiger partial charge in [-0.25, -0.2) is 4.79 Å². The molecule has 1 fully saturated rings. The molecule has 1 aliphatic heterocycles. The minimum absolute atomic E-state index is 0.00473. The lowest BCUT2D eigenvalue weighted by molar-refractivity contribution is -0.139. The molecule has 0 aromatic heterocycles. The lowest BCUT2D eigenvalue weighted by Crippen LogP contribution is -2.50. The second-order valence-corrected chi connectivity index (χ2v) is 7.91. The number of aryl methyl sites for hydroxylation is 1. The van der Waals surface area contributed by atoms with Crippen molar-refractivity contribution in [2.45, 2.75) is 58.4 Å². The van der Waals surface area contributed by atoms with Crippen molar-refractivity contribution in [1.82, 2.24) is 15.1 Å². The number of nitrogens with one attached hydrogen (secondary N) is 1. The molecule has 0 aliphatic carbocycles. The number of carbonyl (C=O) groups excluding carboxylic acids is 1. The van der Waals surface area contributed by atoms with Crippen LogP contribution in [0.1, 0.15) is 57.1 Å². The van der Waals surface area contributed by atoms with Gasteiger partial charge in [0.1, 0.15) is 0 Å². The molecule has 0 radical (unpaired) electrons. The quantitative estimate of drug-likeness (QED) is 0.636. The highest BCUT2D eigenvalue weighted by molar-refractivity contribution is 5.74. The molecule has 6 nitrogen and oxygen atoms in total. The second kappa shape index (κ2) is 11.1. The highest BCUT2D eigenvalue weighted by Crippen LogP contribution is 2.17. The van der Waals surface area contributed by atoms with Crippen LogP contribution >= 0.6 is 0 Å². The average Bonchev–Trinajstić information content (AvgIpc) is 2.69. The largest absolute Gasteiger partial charge is 0.480 e. The van der Waals surface area contributed by atoms with E-state index in [1.807, 2.05) is 16.7 Å². The minimum Gasteiger partial charge on any atom is -0.480 e. The number of carbonyl (C=O) groups is 2. The lowest BCUT2D eigenvalue weighted by atomic mass is 10.0. The maximum absolute atomic E-state index is 12.4. The number of urea groups is 1. The fourth-order valence-corrected chi connectivity index (χ4v) is 3.78. The predicted octanol–water partition coefficient (Wildman–Crippen LogP) is 3.32. The van der Waals surface area contributed by atoms with Gasteiger partial charge in [-0.15, -0.1) is 0 Å². The summed E-state index contributed by atoms with van der Waals surface area (Å²) in [4.78, 5) is 27.2. The molecule has 0 bridgehead atoms. The number of hydrogen-bond donors (Lipinski definition) is 2. The molecular weight excluding hydrogens is 354 g/mol. The maximum atomic E-state index is 12.4. The van der Waals surface area contributed by atoms with Gasteiger partial charge in [-0.2, -0.15) is 0 Å². The molecule has 2 amide bonds. The van der Waals surface area contributed by atoms with E-state index in [2.05, 4.69) is 43.4 Å². The van der Waals surface area contributed by atoms with E-state index in [-0.39, 0.29) is 18.6 Å². The number of amides is 2. The van der Waals surface area contributed by atoms with Crippen molar-refractivity contribution in [2.75, 3.05) is 32.7 Å². The molecular formula is C22H35N3O3. The summed E-state index contributed by atoms with van der Waals surface area (Å²) in [7, 11) is 0. The number of carboxylic acid groups (broad SMARTS) is 1. The van der Waals surface area contributed by atoms with E-state index in [1.54, 1.807) is 0 Å². The second-order valence-electron chi connectivity index (χ2n) is 7.91. The number of rotatable bonds is 9. The van der Waals surface area contributed by atoms with Gasteiger partial charge in [-0.05, 0) is 49.3 Å². The van der Waals surface area contributed by atoms with Gasteiger partial charge in [0.2, 0.25) is 0 Å². The van der Waals surface area contributed by atoms with Crippen LogP contribution in [0.2, 0.25) is 0 Å². The molecule has 2 rings (SSSR count). The summed E-state index contributed by atoms with van der Waals surface area (Å²) >= 11 is 0. The smallest absolute Gasteiger partial charge is 0.317 e. The van der Waals surface area contributed by atoms with Gasteiger partial charge in [-0.1, -0.05) is 45.0 Å². The number of aliphatic carboxylic acids is 1. The van der Waals surface area contributed by atoms with Crippen molar-refractivity contribution in [3.8, 4) is 0 Å². The minimum atomic E-state index is -0.791. The van der Waals surface area contributed by atoms with Crippen molar-refractivity contribution in [3.05, 3.63) is 35.4 Å². The van der Waals surface area contributed by atoms with Crippen LogP contribution in [0.25, 0.3) is 0 Å². The first kappa shape index (κ1) is 22.2. The third-order valence-corrected chi connectivity index (χ3v) is 5.58. The number of benzene rings is 1. The topological polar surface area (TPSA) is 72.9 Å². The van der Waals surface area contributed by atoms with Crippen LogP contribution in [-0.2, 0) is 11.2 Å². The van der Waals surface area contributed by atoms with E-state index in [0.717, 1.165) is 32.2 Å². The molecule has 0 atom stereocenters. The van der Waals surface area contributed by atoms with Gasteiger partial charge in [0.05, 0.1) is 6.54 Å². The summed E-state index contributed by atoms with van der Waals surface area (Å²) in [5, 5.41) is 12.0. The van der Waals surface area contributed by atoms with Crippen LogP contribution in [-0.4, -0.2) is 65.7 Å². The zero-order valence-electron chi connectivity index (χ0n) is 17.5. The number of piperidine rings is 1. The summed E-state index contributed by atoms with van der Waals surface area (Å²) < 4.78 is 0. The van der Waals surface area contributed by atoms with E-state index in [0.29, 0.717) is 25.6 Å². The first-order valence-electron chi connectivity index (χ1n) is 10.5. The first-order chi connectivity index (χ1) is 13.4. The van der Waals surface area contributed by atoms with E-state index in [1.165, 1.54) is 11.1 Å². The number of carboxylic acids is 1. The van der Waals surface area contributed by atoms with E-state index in [4.69, 9.17) is 5.11 Å². The SMILES string of the molecule is CCN(CC(=O)O)C1CCN(C(=O)NCCCc2ccc(C(C)C)cc2)CC1. The number of hydrogen-bond acceptors (Lipinski definition) is 3. The molecule has 0 spiro atoms. The Hall–Kier alpha value is -2.08. The van der Waals surface area contributed by atoms with E-state index in [9.17, 15) is 9.59 Å². The molecule has 0 unspecified atom stereocenters. The molecule has 1 aromatic rings. The van der Waals surface area contributed by atoms with Crippen LogP contribution in [0, 0.1) is 0 Å². The Morgan fingerprint density at radius 2 is 1.86 bits per heavy atom. The van der Waals surface area contributed by atoms with Gasteiger partial charge in [0, 0.05) is 25.7 Å². The predicted molar refractivity (Wildman–Crippen MR) is 112 cm³/mol. The van der Waals surface area contributed by atoms with Crippen LogP contribution in [0.5, 0.6) is 0 Å². The zero-order valence-corrected chi connectivity index (χ0v) is 17.5. The molecule has 2 N–H and O–H groups in total. The number of nitrogens with zero attached hydrogens (tertiary/aromatic N) is 2. The fraction of sp³-hybridized carbons (Fsp3) is 0.636. The summed E-state index contributed by atoms with van der Waals surface area (Å²) in [5.74, 6) is -0.244. The van der Waals surface area contributed by atoms with Crippen LogP contribution < -0.4 is 5.32 Å². The highest BCUT2D eigenvalue weighted by Gasteiger charge is 2.27. The molecule has 6 heteroatoms. The van der Waals surface area contributed by atoms with Crippen molar-refractivity contribution in [3.63, 3.8) is 0 Å². The fourth-order valence-electron chi connectivity index (χ4n) is 3.78. The van der Waals surface area contributed by atoms with Gasteiger partial charge >= 0.3 is 12.0 Å². The lowest BCUT2D eigenvalue weighted by Gasteiger charge is -2.37. The molecule has 1 aliphatic rings. The molecule has 1 aromatic carbocycles. The third-order valence-electron chi connectivity index (χ3n) is 5.58. The zero-order chi connectivity index (χ0) is 20.5. The Labute approximate surface area is 168 Å². The Morgan fingerprint density at radius 1 is 1.21 bits per heavy atom. The van der Waals surface area contributed by atoms with Gasteiger partial charge < -0.3 is 15.3 Å². The van der Waals surface area contributed by atoms with E-state index >= 15 is 0 Å². The van der Waals surface area contributed by atoms with Crippen molar-refractivity contribution in [2.24, 2.45) is 0 Å². The molecule has 28 heavy (non-hydrogen) atoms. The number of likely N-dealkylation sites (tertiary alicyclic amines) is 1. The third kappa shape index (κ3) is 6.82. The monoisotopic (exact) mass is 389 g/mol. The van der Waals surface area contributed by atoms with Gasteiger partial charge in [0.25, 0.3) is 0 Å². The van der Waals surface area contributed by atoms with E-state index < -0.39 is 5.97 Å². The number of likely N-dealkylation sites (N-methyl/N-ethyl adjacent to an activating group) is 1. The molecule has 1 heterocycles. The Morgan fingerprint density at radius 3 is 2.39 bits per heavy atom. The van der Waals surface area contributed by atoms with Gasteiger partial charge in [-0.3, -0.25) is 9.69 Å². The van der Waals surface area contributed by atoms with Gasteiger partial charge in [0.15, 0.2) is 0 Å². The molecule has 156 valence electrons.